The summed E-state index contributed by atoms with van der Waals surface area (Å²) in [5, 5.41) is 14.1. The van der Waals surface area contributed by atoms with Gasteiger partial charge in [0.2, 0.25) is 0 Å². The second kappa shape index (κ2) is 9.29. The van der Waals surface area contributed by atoms with Crippen molar-refractivity contribution in [3.8, 4) is 16.9 Å². The van der Waals surface area contributed by atoms with Crippen LogP contribution in [0.4, 0.5) is 0 Å². The maximum atomic E-state index is 12.0. The number of aliphatic carboxylic acids is 1. The first kappa shape index (κ1) is 20.5. The van der Waals surface area contributed by atoms with Gasteiger partial charge in [0.25, 0.3) is 5.91 Å². The summed E-state index contributed by atoms with van der Waals surface area (Å²) in [4.78, 5) is 34.9. The minimum Gasteiger partial charge on any atom is -0.548 e. The Bertz CT molecular complexity index is 1080. The standard InChI is InChI=1S/C21H19NO6S/c1-29-12-17(21(25)26)22-19(23)11-27-14-7-8-15-16(13-5-3-2-4-6-13)10-20(24)28-18(15)9-14/h2-10,17H,11-12H2,1H3,(H,22,23)(H,25,26)/p-1/t17-/m0/s1. The van der Waals surface area contributed by atoms with Gasteiger partial charge in [-0.1, -0.05) is 30.3 Å². The fraction of sp³-hybridized carbons (Fsp3) is 0.190. The number of carboxylic acids is 1. The van der Waals surface area contributed by atoms with Gasteiger partial charge in [0, 0.05) is 23.3 Å². The highest BCUT2D eigenvalue weighted by Crippen LogP contribution is 2.29. The summed E-state index contributed by atoms with van der Waals surface area (Å²) in [5.41, 5.74) is 1.43. The Labute approximate surface area is 170 Å². The zero-order chi connectivity index (χ0) is 20.8. The van der Waals surface area contributed by atoms with Gasteiger partial charge in [-0.05, 0) is 29.5 Å². The second-order valence-electron chi connectivity index (χ2n) is 6.19. The van der Waals surface area contributed by atoms with Crippen molar-refractivity contribution < 1.29 is 23.8 Å². The smallest absolute Gasteiger partial charge is 0.336 e. The molecule has 3 aromatic rings. The van der Waals surface area contributed by atoms with Crippen LogP contribution in [0.3, 0.4) is 0 Å². The molecule has 0 spiro atoms. The van der Waals surface area contributed by atoms with Crippen molar-refractivity contribution in [1.29, 1.82) is 0 Å². The molecule has 2 aromatic carbocycles. The number of carbonyl (C=O) groups excluding carboxylic acids is 2. The number of fused-ring (bicyclic) bond motifs is 1. The van der Waals surface area contributed by atoms with Crippen LogP contribution in [-0.4, -0.2) is 36.5 Å². The van der Waals surface area contributed by atoms with E-state index < -0.39 is 23.5 Å². The Morgan fingerprint density at radius 3 is 2.62 bits per heavy atom. The van der Waals surface area contributed by atoms with Gasteiger partial charge >= 0.3 is 5.63 Å². The van der Waals surface area contributed by atoms with Gasteiger partial charge in [-0.3, -0.25) is 4.79 Å². The van der Waals surface area contributed by atoms with Crippen LogP contribution < -0.4 is 20.8 Å². The molecule has 1 amide bonds. The summed E-state index contributed by atoms with van der Waals surface area (Å²) in [7, 11) is 0. The molecule has 1 atom stereocenters. The molecule has 29 heavy (non-hydrogen) atoms. The molecular formula is C21H18NO6S-. The van der Waals surface area contributed by atoms with Crippen molar-refractivity contribution in [1.82, 2.24) is 5.32 Å². The first-order valence-corrected chi connectivity index (χ1v) is 10.1. The molecular weight excluding hydrogens is 394 g/mol. The maximum absolute atomic E-state index is 12.0. The number of rotatable bonds is 8. The Balaban J connectivity index is 1.77. The van der Waals surface area contributed by atoms with Crippen molar-refractivity contribution in [2.75, 3.05) is 18.6 Å². The number of hydrogen-bond acceptors (Lipinski definition) is 7. The third-order valence-corrected chi connectivity index (χ3v) is 4.79. The first-order valence-electron chi connectivity index (χ1n) is 8.73. The lowest BCUT2D eigenvalue weighted by atomic mass is 10.0. The molecule has 0 fully saturated rings. The van der Waals surface area contributed by atoms with E-state index in [9.17, 15) is 19.5 Å². The molecule has 1 aromatic heterocycles. The molecule has 0 saturated carbocycles. The minimum atomic E-state index is -1.35. The molecule has 0 saturated heterocycles. The average Bonchev–Trinajstić information content (AvgIpc) is 2.71. The van der Waals surface area contributed by atoms with Gasteiger partial charge in [0.1, 0.15) is 11.3 Å². The lowest BCUT2D eigenvalue weighted by Crippen LogP contribution is -2.50. The normalized spacial score (nSPS) is 11.8. The topological polar surface area (TPSA) is 109 Å². The molecule has 0 unspecified atom stereocenters. The second-order valence-corrected chi connectivity index (χ2v) is 7.10. The van der Waals surface area contributed by atoms with Crippen LogP contribution in [0.5, 0.6) is 5.75 Å². The van der Waals surface area contributed by atoms with Crippen LogP contribution in [0.1, 0.15) is 0 Å². The number of carbonyl (C=O) groups is 2. The van der Waals surface area contributed by atoms with E-state index in [1.165, 1.54) is 23.9 Å². The largest absolute Gasteiger partial charge is 0.548 e. The van der Waals surface area contributed by atoms with Gasteiger partial charge in [-0.15, -0.1) is 0 Å². The zero-order valence-corrected chi connectivity index (χ0v) is 16.4. The van der Waals surface area contributed by atoms with E-state index in [0.29, 0.717) is 11.3 Å². The van der Waals surface area contributed by atoms with E-state index in [0.717, 1.165) is 16.5 Å². The number of benzene rings is 2. The molecule has 0 aliphatic carbocycles. The van der Waals surface area contributed by atoms with E-state index in [4.69, 9.17) is 9.15 Å². The zero-order valence-electron chi connectivity index (χ0n) is 15.5. The Kier molecular flexibility index (Phi) is 6.56. The van der Waals surface area contributed by atoms with E-state index in [-0.39, 0.29) is 12.4 Å². The van der Waals surface area contributed by atoms with E-state index >= 15 is 0 Å². The van der Waals surface area contributed by atoms with Crippen LogP contribution in [-0.2, 0) is 9.59 Å². The number of nitrogens with one attached hydrogen (secondary N) is 1. The molecule has 3 rings (SSSR count). The Hall–Kier alpha value is -3.26. The molecule has 0 aliphatic heterocycles. The monoisotopic (exact) mass is 412 g/mol. The molecule has 1 N–H and O–H groups in total. The van der Waals surface area contributed by atoms with Crippen molar-refractivity contribution >= 4 is 34.6 Å². The van der Waals surface area contributed by atoms with Crippen molar-refractivity contribution in [3.63, 3.8) is 0 Å². The number of carboxylic acid groups (broad SMARTS) is 1. The fourth-order valence-electron chi connectivity index (χ4n) is 2.81. The molecule has 7 nitrogen and oxygen atoms in total. The van der Waals surface area contributed by atoms with Crippen LogP contribution in [0.25, 0.3) is 22.1 Å². The van der Waals surface area contributed by atoms with Crippen molar-refractivity contribution in [2.24, 2.45) is 0 Å². The summed E-state index contributed by atoms with van der Waals surface area (Å²) in [6, 6.07) is 14.7. The lowest BCUT2D eigenvalue weighted by molar-refractivity contribution is -0.307. The molecule has 8 heteroatoms. The van der Waals surface area contributed by atoms with Crippen molar-refractivity contribution in [2.45, 2.75) is 6.04 Å². The SMILES string of the molecule is CSC[C@H](NC(=O)COc1ccc2c(-c3ccccc3)cc(=O)oc2c1)C(=O)[O-]. The summed E-state index contributed by atoms with van der Waals surface area (Å²) in [6.07, 6.45) is 1.73. The summed E-state index contributed by atoms with van der Waals surface area (Å²) >= 11 is 1.28. The first-order chi connectivity index (χ1) is 14.0. The van der Waals surface area contributed by atoms with Crippen LogP contribution in [0.2, 0.25) is 0 Å². The van der Waals surface area contributed by atoms with Gasteiger partial charge in [-0.2, -0.15) is 11.8 Å². The van der Waals surface area contributed by atoms with Crippen LogP contribution in [0.15, 0.2) is 63.8 Å². The highest BCUT2D eigenvalue weighted by Gasteiger charge is 2.14. The van der Waals surface area contributed by atoms with E-state index in [1.54, 1.807) is 18.4 Å². The summed E-state index contributed by atoms with van der Waals surface area (Å²) in [5.74, 6) is -1.44. The van der Waals surface area contributed by atoms with Gasteiger partial charge in [-0.25, -0.2) is 4.79 Å². The Morgan fingerprint density at radius 2 is 1.93 bits per heavy atom. The number of amides is 1. The predicted molar refractivity (Wildman–Crippen MR) is 109 cm³/mol. The van der Waals surface area contributed by atoms with Crippen molar-refractivity contribution in [3.05, 3.63) is 65.0 Å². The predicted octanol–water partition coefficient (Wildman–Crippen LogP) is 1.44. The van der Waals surface area contributed by atoms with E-state index in [2.05, 4.69) is 5.32 Å². The molecule has 150 valence electrons. The molecule has 0 radical (unpaired) electrons. The van der Waals surface area contributed by atoms with Gasteiger partial charge in [0.05, 0.1) is 12.0 Å². The lowest BCUT2D eigenvalue weighted by Gasteiger charge is -2.18. The summed E-state index contributed by atoms with van der Waals surface area (Å²) in [6.45, 7) is -0.383. The van der Waals surface area contributed by atoms with Crippen LogP contribution in [0, 0.1) is 0 Å². The average molecular weight is 412 g/mol. The third-order valence-electron chi connectivity index (χ3n) is 4.12. The number of ether oxygens (including phenoxy) is 1. The molecule has 0 bridgehead atoms. The van der Waals surface area contributed by atoms with Gasteiger partial charge in [0.15, 0.2) is 6.61 Å². The number of hydrogen-bond donors (Lipinski definition) is 1. The quantitative estimate of drug-likeness (QED) is 0.558. The van der Waals surface area contributed by atoms with Crippen LogP contribution >= 0.6 is 11.8 Å². The Morgan fingerprint density at radius 1 is 1.17 bits per heavy atom. The highest BCUT2D eigenvalue weighted by atomic mass is 32.2. The minimum absolute atomic E-state index is 0.192. The molecule has 0 aliphatic rings. The summed E-state index contributed by atoms with van der Waals surface area (Å²) < 4.78 is 10.7. The van der Waals surface area contributed by atoms with Gasteiger partial charge < -0.3 is 24.4 Å². The molecule has 1 heterocycles. The maximum Gasteiger partial charge on any atom is 0.336 e. The fourth-order valence-corrected chi connectivity index (χ4v) is 3.36. The third kappa shape index (κ3) is 5.17. The highest BCUT2D eigenvalue weighted by molar-refractivity contribution is 7.98. The number of thioether (sulfide) groups is 1. The van der Waals surface area contributed by atoms with E-state index in [1.807, 2.05) is 30.3 Å².